The van der Waals surface area contributed by atoms with Gasteiger partial charge in [-0.25, -0.2) is 9.36 Å². The van der Waals surface area contributed by atoms with E-state index in [1.165, 1.54) is 0 Å². The maximum atomic E-state index is 13.2. The fourth-order valence-corrected chi connectivity index (χ4v) is 2.22. The van der Waals surface area contributed by atoms with E-state index in [9.17, 15) is 23.7 Å². The Morgan fingerprint density at radius 3 is 2.77 bits per heavy atom. The van der Waals surface area contributed by atoms with E-state index in [1.807, 2.05) is 0 Å². The molecule has 13 heteroatoms. The molecule has 0 saturated carbocycles. The molecule has 0 aliphatic carbocycles. The van der Waals surface area contributed by atoms with Crippen LogP contribution in [-0.4, -0.2) is 43.3 Å². The van der Waals surface area contributed by atoms with Crippen LogP contribution in [-0.2, 0) is 13.8 Å². The number of phosphoric acid groups is 1. The van der Waals surface area contributed by atoms with Crippen LogP contribution in [0.3, 0.4) is 0 Å². The van der Waals surface area contributed by atoms with Crippen LogP contribution in [0.2, 0.25) is 0 Å². The number of aromatic amines is 1. The van der Waals surface area contributed by atoms with E-state index in [1.54, 1.807) is 4.98 Å². The molecular formula is C9H13FN2NaO8P. The van der Waals surface area contributed by atoms with Gasteiger partial charge in [-0.3, -0.25) is 18.9 Å². The van der Waals surface area contributed by atoms with Crippen molar-refractivity contribution in [3.63, 3.8) is 0 Å². The second kappa shape index (κ2) is 7.47. The number of aliphatic hydroxyl groups is 1. The largest absolute Gasteiger partial charge is 1.00 e. The summed E-state index contributed by atoms with van der Waals surface area (Å²) in [4.78, 5) is 41.3. The Kier molecular flexibility index (Phi) is 6.69. The molecule has 1 aromatic heterocycles. The molecule has 22 heavy (non-hydrogen) atoms. The van der Waals surface area contributed by atoms with Gasteiger partial charge < -0.3 is 21.1 Å². The van der Waals surface area contributed by atoms with E-state index in [-0.39, 0.29) is 37.4 Å². The van der Waals surface area contributed by atoms with Crippen molar-refractivity contribution in [1.82, 2.24) is 9.55 Å². The number of H-pyrrole nitrogens is 1. The number of nitrogens with zero attached hydrogens (tertiary/aromatic N) is 1. The molecule has 2 heterocycles. The number of ether oxygens (including phenoxy) is 1. The van der Waals surface area contributed by atoms with Gasteiger partial charge in [0.25, 0.3) is 5.56 Å². The Bertz CT molecular complexity index is 693. The van der Waals surface area contributed by atoms with Crippen molar-refractivity contribution < 1.29 is 64.1 Å². The summed E-state index contributed by atoms with van der Waals surface area (Å²) in [5.41, 5.74) is -2.12. The van der Waals surface area contributed by atoms with Gasteiger partial charge >= 0.3 is 43.1 Å². The average molecular weight is 350 g/mol. The number of nitrogens with one attached hydrogen (secondary N) is 1. The molecule has 1 aromatic rings. The molecule has 0 amide bonds. The van der Waals surface area contributed by atoms with Gasteiger partial charge in [-0.15, -0.1) is 0 Å². The summed E-state index contributed by atoms with van der Waals surface area (Å²) in [6.45, 7) is -0.609. The van der Waals surface area contributed by atoms with Crippen LogP contribution in [0, 0.1) is 5.82 Å². The first-order valence-electron chi connectivity index (χ1n) is 5.72. The van der Waals surface area contributed by atoms with Crippen LogP contribution >= 0.6 is 7.82 Å². The molecule has 0 aromatic carbocycles. The van der Waals surface area contributed by atoms with Crippen LogP contribution in [0.5, 0.6) is 0 Å². The first kappa shape index (κ1) is 19.7. The molecular weight excluding hydrogens is 337 g/mol. The van der Waals surface area contributed by atoms with E-state index in [4.69, 9.17) is 14.5 Å². The molecule has 0 radical (unpaired) electrons. The summed E-state index contributed by atoms with van der Waals surface area (Å²) in [7, 11) is -4.73. The monoisotopic (exact) mass is 350 g/mol. The molecule has 1 aliphatic heterocycles. The van der Waals surface area contributed by atoms with Crippen molar-refractivity contribution in [2.75, 3.05) is 6.61 Å². The van der Waals surface area contributed by atoms with Crippen molar-refractivity contribution in [3.05, 3.63) is 32.9 Å². The molecule has 3 unspecified atom stereocenters. The smallest absolute Gasteiger partial charge is 1.00 e. The van der Waals surface area contributed by atoms with Crippen LogP contribution in [0.1, 0.15) is 14.1 Å². The summed E-state index contributed by atoms with van der Waals surface area (Å²) in [5.74, 6) is -1.21. The van der Waals surface area contributed by atoms with Gasteiger partial charge in [-0.1, -0.05) is 0 Å². The molecule has 1 saturated heterocycles. The summed E-state index contributed by atoms with van der Waals surface area (Å²) in [5, 5.41) is 9.69. The van der Waals surface area contributed by atoms with Crippen molar-refractivity contribution in [3.8, 4) is 0 Å². The van der Waals surface area contributed by atoms with Gasteiger partial charge in [0.1, 0.15) is 12.3 Å². The second-order valence-electron chi connectivity index (χ2n) is 4.36. The Morgan fingerprint density at radius 2 is 2.18 bits per heavy atom. The number of aromatic nitrogens is 2. The van der Waals surface area contributed by atoms with Crippen molar-refractivity contribution in [2.45, 2.75) is 24.9 Å². The van der Waals surface area contributed by atoms with Crippen LogP contribution in [0.25, 0.3) is 0 Å². The zero-order valence-electron chi connectivity index (χ0n) is 12.4. The SMILES string of the molecule is O=c1[nH]c(=O)n(C2CC(O)C(COP(=O)(O)O)O2)cc1F.[H-].[Na+]. The number of halogens is 1. The summed E-state index contributed by atoms with van der Waals surface area (Å²) in [6, 6.07) is 0. The van der Waals surface area contributed by atoms with Gasteiger partial charge in [0.2, 0.25) is 5.82 Å². The third-order valence-corrected chi connectivity index (χ3v) is 3.33. The van der Waals surface area contributed by atoms with Gasteiger partial charge in [-0.05, 0) is 0 Å². The third kappa shape index (κ3) is 4.82. The maximum absolute atomic E-state index is 13.2. The average Bonchev–Trinajstić information content (AvgIpc) is 2.72. The molecule has 0 spiro atoms. The fraction of sp³-hybridized carbons (Fsp3) is 0.556. The molecule has 10 nitrogen and oxygen atoms in total. The fourth-order valence-electron chi connectivity index (χ4n) is 1.88. The second-order valence-corrected chi connectivity index (χ2v) is 5.60. The third-order valence-electron chi connectivity index (χ3n) is 2.85. The Balaban J connectivity index is 0.00000242. The molecule has 4 N–H and O–H groups in total. The Morgan fingerprint density at radius 1 is 1.55 bits per heavy atom. The first-order valence-corrected chi connectivity index (χ1v) is 7.25. The van der Waals surface area contributed by atoms with E-state index in [0.717, 1.165) is 4.57 Å². The number of phosphoric ester groups is 1. The summed E-state index contributed by atoms with van der Waals surface area (Å²) >= 11 is 0. The molecule has 1 fully saturated rings. The maximum Gasteiger partial charge on any atom is 1.00 e. The Hall–Kier alpha value is -0.360. The van der Waals surface area contributed by atoms with Crippen LogP contribution in [0.15, 0.2) is 15.8 Å². The van der Waals surface area contributed by atoms with E-state index in [2.05, 4.69) is 4.52 Å². The number of aliphatic hydroxyl groups excluding tert-OH is 1. The van der Waals surface area contributed by atoms with E-state index in [0.29, 0.717) is 6.20 Å². The molecule has 2 rings (SSSR count). The normalized spacial score (nSPS) is 25.0. The zero-order chi connectivity index (χ0) is 15.8. The van der Waals surface area contributed by atoms with Gasteiger partial charge in [-0.2, -0.15) is 4.39 Å². The number of hydrogen-bond acceptors (Lipinski definition) is 6. The minimum absolute atomic E-state index is 0. The first-order chi connectivity index (χ1) is 9.67. The molecule has 3 atom stereocenters. The molecule has 0 bridgehead atoms. The van der Waals surface area contributed by atoms with Crippen LogP contribution < -0.4 is 40.8 Å². The molecule has 1 aliphatic rings. The quantitative estimate of drug-likeness (QED) is 0.314. The van der Waals surface area contributed by atoms with Gasteiger partial charge in [0.15, 0.2) is 0 Å². The van der Waals surface area contributed by atoms with Gasteiger partial charge in [0.05, 0.1) is 18.9 Å². The standard InChI is InChI=1S/C9H12FN2O8P.Na.H/c10-4-2-12(9(15)11-8(4)14)7-1-5(13)6(20-7)3-19-21(16,17)18;;/h2,5-7,13H,1,3H2,(H,11,14,15)(H2,16,17,18);;/q;+1;-1. The van der Waals surface area contributed by atoms with Crippen molar-refractivity contribution in [2.24, 2.45) is 0 Å². The topological polar surface area (TPSA) is 151 Å². The van der Waals surface area contributed by atoms with E-state index >= 15 is 0 Å². The van der Waals surface area contributed by atoms with Crippen molar-refractivity contribution in [1.29, 1.82) is 0 Å². The minimum atomic E-state index is -4.73. The summed E-state index contributed by atoms with van der Waals surface area (Å²) < 4.78 is 33.9. The number of rotatable bonds is 4. The minimum Gasteiger partial charge on any atom is -1.00 e. The Labute approximate surface area is 145 Å². The zero-order valence-corrected chi connectivity index (χ0v) is 14.3. The number of hydrogen-bond donors (Lipinski definition) is 4. The van der Waals surface area contributed by atoms with E-state index < -0.39 is 49.9 Å². The molecule has 120 valence electrons. The van der Waals surface area contributed by atoms with Crippen LogP contribution in [0.4, 0.5) is 4.39 Å². The van der Waals surface area contributed by atoms with Gasteiger partial charge in [0, 0.05) is 6.42 Å². The predicted octanol–water partition coefficient (Wildman–Crippen LogP) is -4.45. The van der Waals surface area contributed by atoms with Crippen molar-refractivity contribution >= 4 is 7.82 Å². The summed E-state index contributed by atoms with van der Waals surface area (Å²) in [6.07, 6.45) is -2.89. The predicted molar refractivity (Wildman–Crippen MR) is 64.9 cm³/mol.